The van der Waals surface area contributed by atoms with Crippen LogP contribution in [0, 0.1) is 0 Å². The number of aliphatic hydroxyl groups is 1. The van der Waals surface area contributed by atoms with Gasteiger partial charge in [-0.25, -0.2) is 9.13 Å². The Bertz CT molecular complexity index is 2960. The largest absolute Gasteiger partial charge is 0.472 e. The van der Waals surface area contributed by atoms with E-state index in [2.05, 4.69) is 222 Å². The number of carbonyl (C=O) groups is 4. The molecule has 0 aliphatic carbocycles. The highest BCUT2D eigenvalue weighted by Gasteiger charge is 2.30. The minimum Gasteiger partial charge on any atom is -0.462 e. The lowest BCUT2D eigenvalue weighted by Gasteiger charge is -2.21. The van der Waals surface area contributed by atoms with Gasteiger partial charge in [0.15, 0.2) is 12.2 Å². The van der Waals surface area contributed by atoms with E-state index in [1.165, 1.54) is 0 Å². The van der Waals surface area contributed by atoms with Gasteiger partial charge < -0.3 is 33.8 Å². The van der Waals surface area contributed by atoms with Crippen molar-refractivity contribution in [2.75, 3.05) is 39.6 Å². The van der Waals surface area contributed by atoms with Gasteiger partial charge in [0, 0.05) is 19.3 Å². The van der Waals surface area contributed by atoms with Crippen LogP contribution in [0.5, 0.6) is 0 Å². The molecule has 19 heteroatoms. The van der Waals surface area contributed by atoms with Gasteiger partial charge in [-0.2, -0.15) is 0 Å². The number of aliphatic hydroxyl groups excluding tert-OH is 1. The van der Waals surface area contributed by atoms with E-state index >= 15 is 0 Å². The number of esters is 4. The number of hydrogen-bond acceptors (Lipinski definition) is 15. The van der Waals surface area contributed by atoms with Crippen LogP contribution in [-0.2, 0) is 65.4 Å². The monoisotopic (exact) mass is 1540 g/mol. The molecular weight excluding hydrogens is 1400 g/mol. The summed E-state index contributed by atoms with van der Waals surface area (Å²) in [6.07, 6.45) is 101. The van der Waals surface area contributed by atoms with Crippen molar-refractivity contribution >= 4 is 39.5 Å². The van der Waals surface area contributed by atoms with Crippen molar-refractivity contribution < 1.29 is 80.2 Å². The molecule has 0 bridgehead atoms. The zero-order chi connectivity index (χ0) is 78.9. The summed E-state index contributed by atoms with van der Waals surface area (Å²) in [4.78, 5) is 73.0. The smallest absolute Gasteiger partial charge is 0.462 e. The Morgan fingerprint density at radius 2 is 0.500 bits per heavy atom. The van der Waals surface area contributed by atoms with E-state index < -0.39 is 97.5 Å². The molecule has 3 N–H and O–H groups in total. The molecule has 0 fully saturated rings. The summed E-state index contributed by atoms with van der Waals surface area (Å²) in [5.41, 5.74) is 0. The van der Waals surface area contributed by atoms with Gasteiger partial charge in [0.25, 0.3) is 0 Å². The number of allylic oxidation sites excluding steroid dienone is 37. The van der Waals surface area contributed by atoms with E-state index in [-0.39, 0.29) is 25.7 Å². The van der Waals surface area contributed by atoms with Crippen LogP contribution in [0.1, 0.15) is 246 Å². The number of rotatable bonds is 71. The number of ether oxygens (including phenoxy) is 4. The first-order valence-electron chi connectivity index (χ1n) is 39.6. The maximum absolute atomic E-state index is 13.1. The van der Waals surface area contributed by atoms with Crippen LogP contribution in [0.3, 0.4) is 0 Å². The van der Waals surface area contributed by atoms with Crippen LogP contribution in [0.15, 0.2) is 231 Å². The van der Waals surface area contributed by atoms with Gasteiger partial charge in [-0.1, -0.05) is 278 Å². The first kappa shape index (κ1) is 101. The molecule has 5 unspecified atom stereocenters. The van der Waals surface area contributed by atoms with Gasteiger partial charge in [-0.05, 0) is 173 Å². The van der Waals surface area contributed by atoms with Gasteiger partial charge in [-0.15, -0.1) is 0 Å². The second kappa shape index (κ2) is 78.2. The third kappa shape index (κ3) is 77.3. The fourth-order valence-corrected chi connectivity index (χ4v) is 10.9. The number of hydrogen-bond donors (Lipinski definition) is 3. The number of phosphoric acid groups is 2. The van der Waals surface area contributed by atoms with Crippen LogP contribution in [-0.4, -0.2) is 96.7 Å². The van der Waals surface area contributed by atoms with Crippen LogP contribution in [0.2, 0.25) is 0 Å². The SMILES string of the molecule is CC/C=C\C/C=C\C/C=C\C/C=C\C/C=C\CCCCCC(=O)OCC(COP(=O)(O)OCC(O)COP(=O)(O)OCC(COC(=O)CCC/C=C\C/C=C\C/C=C\C/C=C\C/C=C\CC)OC(=O)C/C=C\C/C=C\C/C=C\C/C=C\C/C=C\CC)OC(=O)CCCCCC/C=C\C/C=C\C/C=C\C/C=C\CC. The number of unbranched alkanes of at least 4 members (excludes halogenated alkanes) is 8. The molecule has 0 heterocycles. The van der Waals surface area contributed by atoms with Crippen molar-refractivity contribution in [2.24, 2.45) is 0 Å². The second-order valence-corrected chi connectivity index (χ2v) is 28.0. The van der Waals surface area contributed by atoms with Gasteiger partial charge in [0.2, 0.25) is 0 Å². The Kier molecular flexibility index (Phi) is 73.3. The molecule has 0 spiro atoms. The maximum atomic E-state index is 13.1. The molecule has 0 aliphatic heterocycles. The molecular formula is C89H136O17P2. The summed E-state index contributed by atoms with van der Waals surface area (Å²) in [5.74, 6) is -2.49. The summed E-state index contributed by atoms with van der Waals surface area (Å²) < 4.78 is 68.4. The van der Waals surface area contributed by atoms with Crippen molar-refractivity contribution in [1.29, 1.82) is 0 Å². The number of phosphoric ester groups is 2. The molecule has 0 saturated heterocycles. The van der Waals surface area contributed by atoms with Gasteiger partial charge in [0.05, 0.1) is 32.8 Å². The molecule has 0 radical (unpaired) electrons. The molecule has 0 aliphatic rings. The second-order valence-electron chi connectivity index (χ2n) is 25.1. The fraction of sp³-hybridized carbons (Fsp3) is 0.528. The van der Waals surface area contributed by atoms with E-state index in [0.29, 0.717) is 32.1 Å². The third-order valence-corrected chi connectivity index (χ3v) is 17.0. The molecule has 108 heavy (non-hydrogen) atoms. The molecule has 0 saturated carbocycles. The normalized spacial score (nSPS) is 15.1. The number of carbonyl (C=O) groups excluding carboxylic acids is 4. The zero-order valence-corrected chi connectivity index (χ0v) is 67.7. The third-order valence-electron chi connectivity index (χ3n) is 15.1. The van der Waals surface area contributed by atoms with Crippen molar-refractivity contribution in [2.45, 2.75) is 264 Å². The predicted molar refractivity (Wildman–Crippen MR) is 444 cm³/mol. The standard InChI is InChI=1S/C89H136O17P2/c1-5-9-13-17-21-25-29-33-37-40-41-44-47-50-54-58-62-66-70-74-87(92)100-80-85(106-89(94)76-72-68-64-60-56-52-48-43-39-35-31-27-23-19-15-11-7-3)82-104-108(97,98)102-78-83(90)77-101-107(95,96)103-81-84(105-88(93)75-71-67-63-59-55-51-45-36-32-28-24-20-16-12-8-4)79-99-86(91)73-69-65-61-57-53-49-46-42-38-34-30-26-22-18-14-10-6-2/h9-16,21-28,33-39,41,44-46,48-50,52,54-55,57,59,61,67,71,83-85,90H,5-8,17-20,29-32,40,42-43,47,51,53,56,58,60,62-66,68-70,72-82H2,1-4H3,(H,95,96)(H,97,98)/b13-9-,14-10-,15-11-,16-12-,25-21-,26-22-,27-23-,28-24-,37-33-,38-34-,39-35-,44-41-,45-36-,49-46-,52-48-,54-50-,59-55-,61-57-,71-67-. The van der Waals surface area contributed by atoms with Gasteiger partial charge in [-0.3, -0.25) is 37.3 Å². The van der Waals surface area contributed by atoms with Gasteiger partial charge in [0.1, 0.15) is 19.3 Å². The Morgan fingerprint density at radius 1 is 0.269 bits per heavy atom. The highest BCUT2D eigenvalue weighted by Crippen LogP contribution is 2.45. The highest BCUT2D eigenvalue weighted by atomic mass is 31.2. The van der Waals surface area contributed by atoms with Crippen LogP contribution < -0.4 is 0 Å². The Morgan fingerprint density at radius 3 is 0.815 bits per heavy atom. The summed E-state index contributed by atoms with van der Waals surface area (Å²) in [5, 5.41) is 10.6. The van der Waals surface area contributed by atoms with Crippen molar-refractivity contribution in [3.8, 4) is 0 Å². The van der Waals surface area contributed by atoms with Crippen molar-refractivity contribution in [3.05, 3.63) is 231 Å². The average molecular weight is 1540 g/mol. The fourth-order valence-electron chi connectivity index (χ4n) is 9.29. The minimum atomic E-state index is -5.03. The molecule has 0 aromatic rings. The molecule has 604 valence electrons. The molecule has 0 rings (SSSR count). The lowest BCUT2D eigenvalue weighted by Crippen LogP contribution is -2.30. The Hall–Kier alpha value is -6.88. The van der Waals surface area contributed by atoms with Crippen LogP contribution in [0.25, 0.3) is 0 Å². The molecule has 0 aromatic heterocycles. The quantitative estimate of drug-likeness (QED) is 0.0169. The van der Waals surface area contributed by atoms with E-state index in [0.717, 1.165) is 161 Å². The van der Waals surface area contributed by atoms with E-state index in [1.807, 2.05) is 24.3 Å². The first-order valence-corrected chi connectivity index (χ1v) is 42.6. The van der Waals surface area contributed by atoms with Crippen molar-refractivity contribution in [3.63, 3.8) is 0 Å². The summed E-state index contributed by atoms with van der Waals surface area (Å²) in [7, 11) is -10.1. The predicted octanol–water partition coefficient (Wildman–Crippen LogP) is 23.4. The summed E-state index contributed by atoms with van der Waals surface area (Å²) >= 11 is 0. The maximum Gasteiger partial charge on any atom is 0.472 e. The lowest BCUT2D eigenvalue weighted by molar-refractivity contribution is -0.161. The first-order chi connectivity index (χ1) is 52.7. The van der Waals surface area contributed by atoms with Crippen LogP contribution in [0.4, 0.5) is 0 Å². The van der Waals surface area contributed by atoms with Gasteiger partial charge >= 0.3 is 39.5 Å². The Balaban J connectivity index is 5.58. The molecule has 17 nitrogen and oxygen atoms in total. The molecule has 5 atom stereocenters. The van der Waals surface area contributed by atoms with E-state index in [1.54, 1.807) is 12.2 Å². The topological polar surface area (TPSA) is 237 Å². The zero-order valence-electron chi connectivity index (χ0n) is 65.9. The molecule has 0 amide bonds. The van der Waals surface area contributed by atoms with E-state index in [4.69, 9.17) is 37.0 Å². The van der Waals surface area contributed by atoms with Crippen molar-refractivity contribution in [1.82, 2.24) is 0 Å². The summed E-state index contributed by atoms with van der Waals surface area (Å²) in [6, 6.07) is 0. The molecule has 0 aromatic carbocycles. The average Bonchev–Trinajstić information content (AvgIpc) is 0.906. The summed E-state index contributed by atoms with van der Waals surface area (Å²) in [6.45, 7) is 4.12. The minimum absolute atomic E-state index is 0.0444. The van der Waals surface area contributed by atoms with Crippen LogP contribution >= 0.6 is 15.6 Å². The Labute approximate surface area is 651 Å². The lowest BCUT2D eigenvalue weighted by atomic mass is 10.1. The van der Waals surface area contributed by atoms with E-state index in [9.17, 15) is 43.2 Å². The highest BCUT2D eigenvalue weighted by molar-refractivity contribution is 7.47.